The quantitative estimate of drug-likeness (QED) is 0.0948. The van der Waals surface area contributed by atoms with Crippen molar-refractivity contribution in [3.05, 3.63) is 0 Å². The van der Waals surface area contributed by atoms with E-state index in [-0.39, 0.29) is 5.41 Å². The van der Waals surface area contributed by atoms with Gasteiger partial charge in [0.05, 0.1) is 31.8 Å². The monoisotopic (exact) mass is 529 g/mol. The first-order valence-electron chi connectivity index (χ1n) is 16.0. The molecule has 0 aliphatic rings. The molecule has 0 radical (unpaired) electrons. The molecule has 224 valence electrons. The molecule has 0 amide bonds. The summed E-state index contributed by atoms with van der Waals surface area (Å²) in [7, 11) is 0. The van der Waals surface area contributed by atoms with Crippen LogP contribution in [-0.4, -0.2) is 52.9 Å². The largest absolute Gasteiger partial charge is 0.381 e. The van der Waals surface area contributed by atoms with Crippen LogP contribution in [0.15, 0.2) is 0 Å². The van der Waals surface area contributed by atoms with Crippen LogP contribution in [0.25, 0.3) is 0 Å². The molecule has 0 saturated carbocycles. The fourth-order valence-corrected chi connectivity index (χ4v) is 4.43. The molecule has 0 saturated heterocycles. The average molecular weight is 529 g/mol. The highest BCUT2D eigenvalue weighted by Crippen LogP contribution is 2.23. The topological polar surface area (TPSA) is 36.9 Å². The molecular weight excluding hydrogens is 460 g/mol. The first kappa shape index (κ1) is 36.8. The predicted molar refractivity (Wildman–Crippen MR) is 160 cm³/mol. The summed E-state index contributed by atoms with van der Waals surface area (Å²) >= 11 is 0. The van der Waals surface area contributed by atoms with Gasteiger partial charge in [0.1, 0.15) is 0 Å². The second-order valence-electron chi connectivity index (χ2n) is 13.3. The SMILES string of the molecule is CC(C)CCCCOCC(COCCCCC(C)C)(COCCCCC(C)C)COCCCCC(C)C. The molecule has 0 aliphatic carbocycles. The van der Waals surface area contributed by atoms with Gasteiger partial charge in [0, 0.05) is 26.4 Å². The van der Waals surface area contributed by atoms with Gasteiger partial charge in [-0.05, 0) is 49.4 Å². The van der Waals surface area contributed by atoms with Crippen molar-refractivity contribution in [2.24, 2.45) is 29.1 Å². The number of ether oxygens (including phenoxy) is 4. The van der Waals surface area contributed by atoms with Crippen molar-refractivity contribution < 1.29 is 18.9 Å². The fraction of sp³-hybridized carbons (Fsp3) is 1.00. The van der Waals surface area contributed by atoms with Gasteiger partial charge in [-0.25, -0.2) is 0 Å². The van der Waals surface area contributed by atoms with Gasteiger partial charge >= 0.3 is 0 Å². The van der Waals surface area contributed by atoms with Gasteiger partial charge in [0.15, 0.2) is 0 Å². The number of rotatable bonds is 28. The summed E-state index contributed by atoms with van der Waals surface area (Å²) in [6, 6.07) is 0. The van der Waals surface area contributed by atoms with E-state index in [0.717, 1.165) is 75.8 Å². The van der Waals surface area contributed by atoms with E-state index < -0.39 is 0 Å². The lowest BCUT2D eigenvalue weighted by Gasteiger charge is -2.33. The normalized spacial score (nSPS) is 12.6. The maximum atomic E-state index is 6.27. The number of hydrogen-bond donors (Lipinski definition) is 0. The van der Waals surface area contributed by atoms with Crippen molar-refractivity contribution in [3.63, 3.8) is 0 Å². The lowest BCUT2D eigenvalue weighted by molar-refractivity contribution is -0.108. The first-order valence-corrected chi connectivity index (χ1v) is 16.0. The van der Waals surface area contributed by atoms with Crippen LogP contribution in [0.1, 0.15) is 132 Å². The zero-order valence-corrected chi connectivity index (χ0v) is 26.6. The Hall–Kier alpha value is -0.160. The minimum atomic E-state index is -0.230. The molecule has 37 heavy (non-hydrogen) atoms. The molecule has 0 atom stereocenters. The standard InChI is InChI=1S/C33H68O4/c1-29(2)17-9-13-21-34-25-33(26-35-22-14-10-18-30(3)4,27-36-23-15-11-19-31(5)6)28-37-24-16-12-20-32(7)8/h29-32H,9-28H2,1-8H3. The van der Waals surface area contributed by atoms with Gasteiger partial charge in [0.25, 0.3) is 0 Å². The molecule has 0 aliphatic heterocycles. The maximum absolute atomic E-state index is 6.27. The van der Waals surface area contributed by atoms with Crippen molar-refractivity contribution in [2.75, 3.05) is 52.9 Å². The predicted octanol–water partition coefficient (Wildman–Crippen LogP) is 9.34. The summed E-state index contributed by atoms with van der Waals surface area (Å²) in [5.41, 5.74) is -0.230. The average Bonchev–Trinajstić information content (AvgIpc) is 2.82. The first-order chi connectivity index (χ1) is 17.7. The molecule has 0 bridgehead atoms. The Labute approximate surface area is 233 Å². The van der Waals surface area contributed by atoms with E-state index in [2.05, 4.69) is 55.4 Å². The van der Waals surface area contributed by atoms with Gasteiger partial charge in [0.2, 0.25) is 0 Å². The van der Waals surface area contributed by atoms with Gasteiger partial charge in [-0.3, -0.25) is 0 Å². The van der Waals surface area contributed by atoms with Crippen LogP contribution in [0.5, 0.6) is 0 Å². The van der Waals surface area contributed by atoms with E-state index in [1.54, 1.807) is 0 Å². The van der Waals surface area contributed by atoms with Gasteiger partial charge in [-0.15, -0.1) is 0 Å². The Bertz CT molecular complexity index is 376. The van der Waals surface area contributed by atoms with E-state index >= 15 is 0 Å². The van der Waals surface area contributed by atoms with E-state index in [0.29, 0.717) is 26.4 Å². The van der Waals surface area contributed by atoms with E-state index in [9.17, 15) is 0 Å². The Morgan fingerprint density at radius 3 is 0.757 bits per heavy atom. The van der Waals surface area contributed by atoms with Crippen LogP contribution >= 0.6 is 0 Å². The number of hydrogen-bond acceptors (Lipinski definition) is 4. The molecule has 0 aromatic heterocycles. The van der Waals surface area contributed by atoms with Crippen molar-refractivity contribution in [2.45, 2.75) is 132 Å². The van der Waals surface area contributed by atoms with Gasteiger partial charge in [-0.1, -0.05) is 107 Å². The molecule has 0 unspecified atom stereocenters. The van der Waals surface area contributed by atoms with Crippen LogP contribution in [0.2, 0.25) is 0 Å². The molecular formula is C33H68O4. The second-order valence-corrected chi connectivity index (χ2v) is 13.3. The fourth-order valence-electron chi connectivity index (χ4n) is 4.43. The van der Waals surface area contributed by atoms with Crippen molar-refractivity contribution in [3.8, 4) is 0 Å². The third-order valence-corrected chi connectivity index (χ3v) is 6.91. The summed E-state index contributed by atoms with van der Waals surface area (Å²) in [6.07, 6.45) is 14.5. The number of unbranched alkanes of at least 4 members (excludes halogenated alkanes) is 4. The zero-order chi connectivity index (χ0) is 27.8. The third kappa shape index (κ3) is 25.9. The molecule has 0 fully saturated rings. The van der Waals surface area contributed by atoms with Crippen molar-refractivity contribution in [1.82, 2.24) is 0 Å². The maximum Gasteiger partial charge on any atom is 0.0637 e. The molecule has 0 heterocycles. The van der Waals surface area contributed by atoms with Gasteiger partial charge < -0.3 is 18.9 Å². The molecule has 4 heteroatoms. The summed E-state index contributed by atoms with van der Waals surface area (Å²) in [5, 5.41) is 0. The van der Waals surface area contributed by atoms with Crippen molar-refractivity contribution in [1.29, 1.82) is 0 Å². The Morgan fingerprint density at radius 1 is 0.351 bits per heavy atom. The zero-order valence-electron chi connectivity index (χ0n) is 26.6. The molecule has 0 aromatic carbocycles. The van der Waals surface area contributed by atoms with Crippen molar-refractivity contribution >= 4 is 0 Å². The van der Waals surface area contributed by atoms with Crippen LogP contribution in [-0.2, 0) is 18.9 Å². The Balaban J connectivity index is 4.89. The van der Waals surface area contributed by atoms with Crippen LogP contribution in [0.3, 0.4) is 0 Å². The molecule has 4 nitrogen and oxygen atoms in total. The third-order valence-electron chi connectivity index (χ3n) is 6.91. The van der Waals surface area contributed by atoms with Gasteiger partial charge in [-0.2, -0.15) is 0 Å². The molecule has 0 aromatic rings. The highest BCUT2D eigenvalue weighted by Gasteiger charge is 2.32. The lowest BCUT2D eigenvalue weighted by atomic mass is 9.92. The Kier molecular flexibility index (Phi) is 24.7. The second kappa shape index (κ2) is 24.9. The van der Waals surface area contributed by atoms with E-state index in [1.807, 2.05) is 0 Å². The lowest BCUT2D eigenvalue weighted by Crippen LogP contribution is -2.42. The molecule has 0 spiro atoms. The molecule has 0 rings (SSSR count). The smallest absolute Gasteiger partial charge is 0.0637 e. The Morgan fingerprint density at radius 2 is 0.568 bits per heavy atom. The summed E-state index contributed by atoms with van der Waals surface area (Å²) in [5.74, 6) is 3.04. The summed E-state index contributed by atoms with van der Waals surface area (Å²) in [6.45, 7) is 24.2. The van der Waals surface area contributed by atoms with E-state index in [1.165, 1.54) is 51.4 Å². The van der Waals surface area contributed by atoms with Crippen LogP contribution in [0, 0.1) is 29.1 Å². The summed E-state index contributed by atoms with van der Waals surface area (Å²) < 4.78 is 25.1. The van der Waals surface area contributed by atoms with Crippen LogP contribution in [0.4, 0.5) is 0 Å². The highest BCUT2D eigenvalue weighted by atomic mass is 16.5. The minimum absolute atomic E-state index is 0.230. The van der Waals surface area contributed by atoms with E-state index in [4.69, 9.17) is 18.9 Å². The highest BCUT2D eigenvalue weighted by molar-refractivity contribution is 4.79. The summed E-state index contributed by atoms with van der Waals surface area (Å²) in [4.78, 5) is 0. The minimum Gasteiger partial charge on any atom is -0.381 e. The van der Waals surface area contributed by atoms with Crippen LogP contribution < -0.4 is 0 Å². The molecule has 0 N–H and O–H groups in total.